The maximum Gasteiger partial charge on any atom is 0.338 e. The first-order chi connectivity index (χ1) is 32.6. The molecule has 22 atom stereocenters. The average Bonchev–Trinajstić information content (AvgIpc) is 3.60. The fourth-order valence-electron chi connectivity index (χ4n) is 13.7. The second-order valence-electron chi connectivity index (χ2n) is 21.0. The summed E-state index contributed by atoms with van der Waals surface area (Å²) in [4.78, 5) is 40.5. The van der Waals surface area contributed by atoms with E-state index in [1.165, 1.54) is 21.0 Å². The minimum absolute atomic E-state index is 0.0114. The summed E-state index contributed by atoms with van der Waals surface area (Å²) in [6.07, 6.45) is -7.95. The van der Waals surface area contributed by atoms with Crippen LogP contribution in [-0.2, 0) is 61.7 Å². The van der Waals surface area contributed by atoms with Crippen LogP contribution in [0.4, 0.5) is 0 Å². The Morgan fingerprint density at radius 1 is 0.710 bits per heavy atom. The molecule has 69 heavy (non-hydrogen) atoms. The second kappa shape index (κ2) is 20.2. The lowest BCUT2D eigenvalue weighted by atomic mass is 9.42. The van der Waals surface area contributed by atoms with Crippen LogP contribution in [0.15, 0.2) is 42.0 Å². The van der Waals surface area contributed by atoms with Crippen LogP contribution in [0, 0.1) is 22.7 Å². The van der Waals surface area contributed by atoms with Gasteiger partial charge in [0.15, 0.2) is 18.9 Å². The predicted molar refractivity (Wildman–Crippen MR) is 242 cm³/mol. The van der Waals surface area contributed by atoms with Gasteiger partial charge in [-0.05, 0) is 83.8 Å². The third-order valence-electron chi connectivity index (χ3n) is 17.3. The first kappa shape index (κ1) is 52.4. The summed E-state index contributed by atoms with van der Waals surface area (Å²) in [5.74, 6) is -3.27. The van der Waals surface area contributed by atoms with E-state index in [-0.39, 0.29) is 43.1 Å². The molecule has 8 rings (SSSR count). The number of aliphatic hydroxyl groups excluding tert-OH is 2. The summed E-state index contributed by atoms with van der Waals surface area (Å²) in [6, 6.07) is 8.40. The van der Waals surface area contributed by atoms with E-state index in [2.05, 4.69) is 0 Å². The lowest BCUT2D eigenvalue weighted by Crippen LogP contribution is -2.80. The zero-order valence-corrected chi connectivity index (χ0v) is 41.5. The number of carbonyl (C=O) groups excluding carboxylic acids is 3. The number of ketones is 1. The maximum atomic E-state index is 13.9. The average molecular weight is 975 g/mol. The van der Waals surface area contributed by atoms with Gasteiger partial charge in [0, 0.05) is 58.3 Å². The molecule has 3 saturated heterocycles. The van der Waals surface area contributed by atoms with Crippen molar-refractivity contribution in [3.8, 4) is 0 Å². The third kappa shape index (κ3) is 9.05. The van der Waals surface area contributed by atoms with Crippen molar-refractivity contribution in [2.24, 2.45) is 22.7 Å². The van der Waals surface area contributed by atoms with Gasteiger partial charge >= 0.3 is 11.9 Å². The van der Waals surface area contributed by atoms with E-state index in [1.807, 2.05) is 26.8 Å². The molecule has 18 nitrogen and oxygen atoms in total. The van der Waals surface area contributed by atoms with Gasteiger partial charge in [0.25, 0.3) is 0 Å². The molecule has 7 aliphatic rings. The third-order valence-corrected chi connectivity index (χ3v) is 17.3. The number of carbonyl (C=O) groups is 3. The molecule has 18 heteroatoms. The Kier molecular flexibility index (Phi) is 15.3. The monoisotopic (exact) mass is 974 g/mol. The number of ether oxygens (including phenoxy) is 11. The molecule has 6 fully saturated rings. The van der Waals surface area contributed by atoms with Gasteiger partial charge in [0.2, 0.25) is 0 Å². The summed E-state index contributed by atoms with van der Waals surface area (Å²) < 4.78 is 68.0. The largest absolute Gasteiger partial charge is 0.458 e. The first-order valence-electron chi connectivity index (χ1n) is 24.6. The van der Waals surface area contributed by atoms with Crippen molar-refractivity contribution in [1.29, 1.82) is 0 Å². The van der Waals surface area contributed by atoms with Crippen LogP contribution in [0.5, 0.6) is 0 Å². The summed E-state index contributed by atoms with van der Waals surface area (Å²) in [7, 11) is 4.58. The highest BCUT2D eigenvalue weighted by atomic mass is 16.8. The van der Waals surface area contributed by atoms with Crippen LogP contribution in [0.2, 0.25) is 0 Å². The number of hydrogen-bond donors (Lipinski definition) is 4. The number of methoxy groups -OCH3 is 3. The van der Waals surface area contributed by atoms with Crippen molar-refractivity contribution in [2.45, 2.75) is 209 Å². The molecule has 386 valence electrons. The minimum Gasteiger partial charge on any atom is -0.458 e. The van der Waals surface area contributed by atoms with E-state index in [1.54, 1.807) is 58.4 Å². The second-order valence-corrected chi connectivity index (χ2v) is 21.0. The van der Waals surface area contributed by atoms with E-state index in [4.69, 9.17) is 52.1 Å². The maximum absolute atomic E-state index is 13.9. The Balaban J connectivity index is 0.961. The van der Waals surface area contributed by atoms with Gasteiger partial charge in [-0.3, -0.25) is 9.59 Å². The molecule has 3 aliphatic heterocycles. The SMILES string of the molecule is COC1CC(OC2CCC3(C)C(=CCC4(O)C3C(OC(C)=O)C(OC(=O)c3ccccc3)C3(C)C(C(C)=O)CCC43O)C2)OC(C)C1OC1CC(OC)C(OC2OC(C)C(O)C(OC)C2O)C(C)O1. The first-order valence-corrected chi connectivity index (χ1v) is 24.6. The summed E-state index contributed by atoms with van der Waals surface area (Å²) in [6.45, 7) is 11.8. The zero-order chi connectivity index (χ0) is 50.0. The topological polar surface area (TPSA) is 234 Å². The number of rotatable bonds is 13. The molecule has 3 heterocycles. The summed E-state index contributed by atoms with van der Waals surface area (Å²) in [5, 5.41) is 47.7. The Morgan fingerprint density at radius 2 is 1.33 bits per heavy atom. The van der Waals surface area contributed by atoms with E-state index < -0.39 is 138 Å². The molecule has 0 spiro atoms. The number of hydrogen-bond acceptors (Lipinski definition) is 18. The molecule has 22 unspecified atom stereocenters. The normalized spacial score (nSPS) is 47.5. The number of benzene rings is 1. The molecule has 4 aliphatic carbocycles. The van der Waals surface area contributed by atoms with Crippen molar-refractivity contribution < 1.29 is 86.9 Å². The number of aliphatic hydroxyl groups is 4. The number of Topliss-reactive ketones (excluding diaryl/α,β-unsaturated/α-hetero) is 1. The van der Waals surface area contributed by atoms with Gasteiger partial charge < -0.3 is 72.5 Å². The lowest BCUT2D eigenvalue weighted by molar-refractivity contribution is -0.352. The van der Waals surface area contributed by atoms with E-state index in [0.717, 1.165) is 5.57 Å². The van der Waals surface area contributed by atoms with Crippen LogP contribution in [0.25, 0.3) is 0 Å². The fourth-order valence-corrected chi connectivity index (χ4v) is 13.7. The standard InChI is InChI=1S/C51H74O18/c1-25(52)33-18-21-51(58)49(33,7)45(69-46(56)30-14-12-11-13-15-30)43(65-29(5)53)44-48(6)19-17-32(22-31(48)16-20-50(44,51)57)66-36-23-34(59-8)40(27(3)62-36)67-37-24-35(60-9)41(28(4)63-37)68-47-39(55)42(61-10)38(54)26(2)64-47/h11-16,26-28,32-45,47,54-55,57-58H,17-24H2,1-10H3. The molecule has 1 aromatic rings. The molecule has 3 saturated carbocycles. The molecular weight excluding hydrogens is 901 g/mol. The van der Waals surface area contributed by atoms with Gasteiger partial charge in [-0.1, -0.05) is 43.7 Å². The van der Waals surface area contributed by atoms with E-state index in [9.17, 15) is 34.8 Å². The van der Waals surface area contributed by atoms with Gasteiger partial charge in [-0.15, -0.1) is 0 Å². The summed E-state index contributed by atoms with van der Waals surface area (Å²) >= 11 is 0. The highest BCUT2D eigenvalue weighted by molar-refractivity contribution is 5.89. The predicted octanol–water partition coefficient (Wildman–Crippen LogP) is 3.70. The van der Waals surface area contributed by atoms with Crippen molar-refractivity contribution in [3.05, 3.63) is 47.5 Å². The van der Waals surface area contributed by atoms with Crippen LogP contribution >= 0.6 is 0 Å². The number of esters is 2. The highest BCUT2D eigenvalue weighted by Gasteiger charge is 2.80. The van der Waals surface area contributed by atoms with Crippen LogP contribution in [0.1, 0.15) is 110 Å². The fraction of sp³-hybridized carbons (Fsp3) is 0.784. The Labute approximate surface area is 404 Å². The van der Waals surface area contributed by atoms with Gasteiger partial charge in [-0.2, -0.15) is 0 Å². The van der Waals surface area contributed by atoms with Crippen LogP contribution < -0.4 is 0 Å². The molecular formula is C51H74O18. The highest BCUT2D eigenvalue weighted by Crippen LogP contribution is 2.70. The minimum atomic E-state index is -1.90. The van der Waals surface area contributed by atoms with Crippen LogP contribution in [0.3, 0.4) is 0 Å². The Morgan fingerprint density at radius 3 is 1.93 bits per heavy atom. The van der Waals surface area contributed by atoms with Crippen molar-refractivity contribution in [1.82, 2.24) is 0 Å². The molecule has 1 aromatic carbocycles. The van der Waals surface area contributed by atoms with Gasteiger partial charge in [0.1, 0.15) is 59.7 Å². The lowest BCUT2D eigenvalue weighted by Gasteiger charge is -2.68. The van der Waals surface area contributed by atoms with Crippen molar-refractivity contribution >= 4 is 17.7 Å². The molecule has 0 aromatic heterocycles. The molecule has 0 bridgehead atoms. The smallest absolute Gasteiger partial charge is 0.338 e. The Bertz CT molecular complexity index is 2040. The van der Waals surface area contributed by atoms with E-state index >= 15 is 0 Å². The zero-order valence-electron chi connectivity index (χ0n) is 41.5. The quantitative estimate of drug-likeness (QED) is 0.163. The van der Waals surface area contributed by atoms with Crippen molar-refractivity contribution in [2.75, 3.05) is 21.3 Å². The van der Waals surface area contributed by atoms with Crippen LogP contribution in [-0.4, -0.2) is 169 Å². The Hall–Kier alpha value is -2.95. The summed E-state index contributed by atoms with van der Waals surface area (Å²) in [5.41, 5.74) is -4.92. The molecule has 0 radical (unpaired) electrons. The van der Waals surface area contributed by atoms with Gasteiger partial charge in [-0.25, -0.2) is 4.79 Å². The number of fused-ring (bicyclic) bond motifs is 5. The van der Waals surface area contributed by atoms with E-state index in [0.29, 0.717) is 25.7 Å². The van der Waals surface area contributed by atoms with Crippen molar-refractivity contribution in [3.63, 3.8) is 0 Å². The molecule has 0 amide bonds. The van der Waals surface area contributed by atoms with Gasteiger partial charge in [0.05, 0.1) is 42.2 Å². The molecule has 4 N–H and O–H groups in total.